The second-order valence-corrected chi connectivity index (χ2v) is 8.83. The fourth-order valence-corrected chi connectivity index (χ4v) is 4.34. The van der Waals surface area contributed by atoms with Crippen LogP contribution in [0, 0.1) is 11.7 Å². The molecule has 2 heterocycles. The summed E-state index contributed by atoms with van der Waals surface area (Å²) in [5.74, 6) is 0.815. The minimum Gasteiger partial charge on any atom is -0.479 e. The summed E-state index contributed by atoms with van der Waals surface area (Å²) in [6.07, 6.45) is 4.44. The third-order valence-electron chi connectivity index (χ3n) is 5.76. The number of hydrogen-bond acceptors (Lipinski definition) is 5. The summed E-state index contributed by atoms with van der Waals surface area (Å²) in [6.45, 7) is 1.05. The second-order valence-electron chi connectivity index (χ2n) is 7.97. The number of fused-ring (bicyclic) bond motifs is 1. The minimum absolute atomic E-state index is 0.0786. The normalized spacial score (nSPS) is 20.6. The highest BCUT2D eigenvalue weighted by Gasteiger charge is 2.36. The number of carbonyl (C=O) groups excluding carboxylic acids is 2. The van der Waals surface area contributed by atoms with Crippen LogP contribution in [0.1, 0.15) is 41.6 Å². The Bertz CT molecular complexity index is 1040. The zero-order valence-electron chi connectivity index (χ0n) is 16.2. The van der Waals surface area contributed by atoms with Gasteiger partial charge in [-0.05, 0) is 58.8 Å². The quantitative estimate of drug-likeness (QED) is 0.630. The van der Waals surface area contributed by atoms with Crippen molar-refractivity contribution in [3.05, 3.63) is 45.8 Å². The van der Waals surface area contributed by atoms with Crippen molar-refractivity contribution in [3.8, 4) is 11.6 Å². The number of rotatable bonds is 6. The first kappa shape index (κ1) is 19.5. The summed E-state index contributed by atoms with van der Waals surface area (Å²) in [4.78, 5) is 30.6. The molecule has 5 rings (SSSR count). The minimum atomic E-state index is -0.691. The third-order valence-corrected chi connectivity index (χ3v) is 6.33. The summed E-state index contributed by atoms with van der Waals surface area (Å²) in [6, 6.07) is 4.69. The molecule has 2 fully saturated rings. The molecule has 2 aromatic rings. The zero-order valence-corrected chi connectivity index (χ0v) is 17.8. The van der Waals surface area contributed by atoms with Crippen molar-refractivity contribution in [1.29, 1.82) is 0 Å². The number of anilines is 1. The van der Waals surface area contributed by atoms with Gasteiger partial charge in [0.15, 0.2) is 11.9 Å². The Hall–Kier alpha value is -2.48. The summed E-state index contributed by atoms with van der Waals surface area (Å²) < 4.78 is 26.6. The number of ketones is 1. The highest BCUT2D eigenvalue weighted by molar-refractivity contribution is 9.10. The van der Waals surface area contributed by atoms with Gasteiger partial charge in [0, 0.05) is 36.7 Å². The third kappa shape index (κ3) is 3.69. The van der Waals surface area contributed by atoms with Crippen molar-refractivity contribution >= 4 is 33.3 Å². The van der Waals surface area contributed by atoms with Gasteiger partial charge in [0.2, 0.25) is 5.88 Å². The number of carbonyl (C=O) groups is 2. The van der Waals surface area contributed by atoms with E-state index >= 15 is 0 Å². The van der Waals surface area contributed by atoms with Crippen molar-refractivity contribution in [2.24, 2.45) is 5.92 Å². The molecule has 1 aliphatic heterocycles. The molecule has 0 radical (unpaired) electrons. The zero-order chi connectivity index (χ0) is 20.8. The predicted octanol–water partition coefficient (Wildman–Crippen LogP) is 4.09. The van der Waals surface area contributed by atoms with Gasteiger partial charge in [-0.15, -0.1) is 0 Å². The van der Waals surface area contributed by atoms with Crippen molar-refractivity contribution in [3.63, 3.8) is 0 Å². The van der Waals surface area contributed by atoms with Crippen molar-refractivity contribution in [1.82, 2.24) is 4.98 Å². The standard InChI is InChI=1S/C22H20BrFN2O4/c23-17-9-14(10-25-21(17)29-11-12-1-2-12)30-20-5-6-26(22(20)28)13-7-16-15(18(24)8-13)3-4-19(16)27/h7-10,12,20H,1-6,11H2. The number of pyridine rings is 1. The van der Waals surface area contributed by atoms with Gasteiger partial charge in [-0.2, -0.15) is 0 Å². The van der Waals surface area contributed by atoms with E-state index in [2.05, 4.69) is 20.9 Å². The van der Waals surface area contributed by atoms with Crippen LogP contribution in [-0.4, -0.2) is 35.9 Å². The lowest BCUT2D eigenvalue weighted by Crippen LogP contribution is -2.32. The van der Waals surface area contributed by atoms with Crippen LogP contribution in [0.2, 0.25) is 0 Å². The molecule has 1 aromatic heterocycles. The monoisotopic (exact) mass is 474 g/mol. The molecule has 0 N–H and O–H groups in total. The van der Waals surface area contributed by atoms with Gasteiger partial charge in [0.25, 0.3) is 5.91 Å². The average molecular weight is 475 g/mol. The lowest BCUT2D eigenvalue weighted by molar-refractivity contribution is -0.122. The van der Waals surface area contributed by atoms with Crippen LogP contribution in [0.3, 0.4) is 0 Å². The Balaban J connectivity index is 1.28. The Labute approximate surface area is 181 Å². The molecular formula is C22H20BrFN2O4. The van der Waals surface area contributed by atoms with Gasteiger partial charge in [0.1, 0.15) is 11.6 Å². The Morgan fingerprint density at radius 1 is 1.17 bits per heavy atom. The van der Waals surface area contributed by atoms with Crippen LogP contribution in [-0.2, 0) is 11.2 Å². The smallest absolute Gasteiger partial charge is 0.268 e. The highest BCUT2D eigenvalue weighted by Crippen LogP contribution is 2.34. The maximum Gasteiger partial charge on any atom is 0.268 e. The van der Waals surface area contributed by atoms with E-state index in [1.165, 1.54) is 30.0 Å². The number of aromatic nitrogens is 1. The second kappa shape index (κ2) is 7.65. The number of Topliss-reactive ketones (excluding diaryl/α,β-unsaturated/α-hetero) is 1. The maximum atomic E-state index is 14.4. The lowest BCUT2D eigenvalue weighted by atomic mass is 10.1. The summed E-state index contributed by atoms with van der Waals surface area (Å²) in [5, 5.41) is 0. The topological polar surface area (TPSA) is 68.7 Å². The Morgan fingerprint density at radius 2 is 2.00 bits per heavy atom. The molecule has 30 heavy (non-hydrogen) atoms. The SMILES string of the molecule is O=C1CCc2c(F)cc(N3CCC(Oc4cnc(OCC5CC5)c(Br)c4)C3=O)cc21. The molecular weight excluding hydrogens is 455 g/mol. The fourth-order valence-electron chi connectivity index (χ4n) is 3.90. The number of benzene rings is 1. The van der Waals surface area contributed by atoms with Crippen LogP contribution in [0.4, 0.5) is 10.1 Å². The number of ether oxygens (including phenoxy) is 2. The Kier molecular flexibility index (Phi) is 4.97. The van der Waals surface area contributed by atoms with E-state index in [9.17, 15) is 14.0 Å². The summed E-state index contributed by atoms with van der Waals surface area (Å²) in [5.41, 5.74) is 1.24. The molecule has 1 unspecified atom stereocenters. The van der Waals surface area contributed by atoms with Gasteiger partial charge in [0.05, 0.1) is 17.3 Å². The molecule has 1 amide bonds. The van der Waals surface area contributed by atoms with Gasteiger partial charge in [-0.1, -0.05) is 0 Å². The first-order chi connectivity index (χ1) is 14.5. The first-order valence-corrected chi connectivity index (χ1v) is 10.9. The molecule has 156 valence electrons. The first-order valence-electron chi connectivity index (χ1n) is 10.1. The molecule has 6 nitrogen and oxygen atoms in total. The molecule has 1 atom stereocenters. The van der Waals surface area contributed by atoms with Crippen LogP contribution in [0.5, 0.6) is 11.6 Å². The number of halogens is 2. The molecule has 1 saturated heterocycles. The molecule has 2 aliphatic carbocycles. The molecule has 1 saturated carbocycles. The average Bonchev–Trinajstić information content (AvgIpc) is 3.38. The van der Waals surface area contributed by atoms with Crippen LogP contribution in [0.25, 0.3) is 0 Å². The lowest BCUT2D eigenvalue weighted by Gasteiger charge is -2.18. The number of hydrogen-bond donors (Lipinski definition) is 0. The summed E-state index contributed by atoms with van der Waals surface area (Å²) >= 11 is 3.44. The van der Waals surface area contributed by atoms with Crippen LogP contribution >= 0.6 is 15.9 Å². The van der Waals surface area contributed by atoms with Crippen molar-refractivity contribution in [2.45, 2.75) is 38.2 Å². The van der Waals surface area contributed by atoms with Gasteiger partial charge in [-0.25, -0.2) is 9.37 Å². The Morgan fingerprint density at radius 3 is 2.77 bits per heavy atom. The van der Waals surface area contributed by atoms with E-state index in [-0.39, 0.29) is 11.7 Å². The van der Waals surface area contributed by atoms with E-state index in [4.69, 9.17) is 9.47 Å². The highest BCUT2D eigenvalue weighted by atomic mass is 79.9. The number of amides is 1. The largest absolute Gasteiger partial charge is 0.479 e. The molecule has 0 bridgehead atoms. The van der Waals surface area contributed by atoms with E-state index in [1.807, 2.05) is 0 Å². The molecule has 1 aromatic carbocycles. The predicted molar refractivity (Wildman–Crippen MR) is 111 cm³/mol. The van der Waals surface area contributed by atoms with Crippen molar-refractivity contribution in [2.75, 3.05) is 18.1 Å². The molecule has 8 heteroatoms. The van der Waals surface area contributed by atoms with Crippen LogP contribution in [0.15, 0.2) is 28.9 Å². The van der Waals surface area contributed by atoms with E-state index < -0.39 is 11.9 Å². The van der Waals surface area contributed by atoms with Crippen molar-refractivity contribution < 1.29 is 23.5 Å². The van der Waals surface area contributed by atoms with Gasteiger partial charge < -0.3 is 14.4 Å². The van der Waals surface area contributed by atoms with Gasteiger partial charge >= 0.3 is 0 Å². The van der Waals surface area contributed by atoms with E-state index in [1.54, 1.807) is 12.1 Å². The van der Waals surface area contributed by atoms with E-state index in [0.29, 0.717) is 71.2 Å². The number of nitrogens with zero attached hydrogens (tertiary/aromatic N) is 2. The maximum absolute atomic E-state index is 14.4. The van der Waals surface area contributed by atoms with E-state index in [0.717, 1.165) is 0 Å². The van der Waals surface area contributed by atoms with Gasteiger partial charge in [-0.3, -0.25) is 9.59 Å². The fraction of sp³-hybridized carbons (Fsp3) is 0.409. The molecule has 3 aliphatic rings. The van der Waals surface area contributed by atoms with Crippen LogP contribution < -0.4 is 14.4 Å². The summed E-state index contributed by atoms with van der Waals surface area (Å²) in [7, 11) is 0. The molecule has 0 spiro atoms.